The van der Waals surface area contributed by atoms with Gasteiger partial charge in [-0.1, -0.05) is 49.2 Å². The molecule has 0 aliphatic heterocycles. The molecule has 8 unspecified atom stereocenters. The van der Waals surface area contributed by atoms with Gasteiger partial charge >= 0.3 is 0 Å². The number of Topliss-reactive ketones (excluding diaryl/α,β-unsaturated/α-hetero) is 1. The molecule has 4 nitrogen and oxygen atoms in total. The summed E-state index contributed by atoms with van der Waals surface area (Å²) in [6.07, 6.45) is 7.26. The lowest BCUT2D eigenvalue weighted by Crippen LogP contribution is -2.58. The maximum absolute atomic E-state index is 14.0. The zero-order valence-corrected chi connectivity index (χ0v) is 19.6. The molecule has 4 fully saturated rings. The maximum atomic E-state index is 14.0. The second kappa shape index (κ2) is 6.70. The van der Waals surface area contributed by atoms with Gasteiger partial charge in [-0.15, -0.1) is 0 Å². The predicted octanol–water partition coefficient (Wildman–Crippen LogP) is 4.69. The number of nitrogens with one attached hydrogen (secondary N) is 1. The number of rotatable bonds is 3. The Morgan fingerprint density at radius 1 is 1.34 bits per heavy atom. The van der Waals surface area contributed by atoms with E-state index in [0.29, 0.717) is 42.0 Å². The molecule has 1 aromatic rings. The molecule has 5 heteroatoms. The van der Waals surface area contributed by atoms with Gasteiger partial charge in [0.2, 0.25) is 5.91 Å². The fourth-order valence-corrected chi connectivity index (χ4v) is 8.87. The molecule has 2 N–H and O–H groups in total. The van der Waals surface area contributed by atoms with Crippen LogP contribution in [0.5, 0.6) is 0 Å². The number of aliphatic hydroxyl groups is 1. The molecular weight excluding hydrogens is 422 g/mol. The second-order valence-electron chi connectivity index (χ2n) is 11.6. The van der Waals surface area contributed by atoms with Crippen molar-refractivity contribution in [3.8, 4) is 0 Å². The van der Waals surface area contributed by atoms with Gasteiger partial charge in [0, 0.05) is 29.3 Å². The summed E-state index contributed by atoms with van der Waals surface area (Å²) in [5.41, 5.74) is 0.977. The third-order valence-corrected chi connectivity index (χ3v) is 10.6. The van der Waals surface area contributed by atoms with Crippen molar-refractivity contribution in [3.05, 3.63) is 46.5 Å². The van der Waals surface area contributed by atoms with Crippen LogP contribution >= 0.6 is 11.6 Å². The lowest BCUT2D eigenvalue weighted by Gasteiger charge is -2.54. The lowest BCUT2D eigenvalue weighted by molar-refractivity contribution is -0.155. The third kappa shape index (κ3) is 2.54. The van der Waals surface area contributed by atoms with E-state index in [-0.39, 0.29) is 29.1 Å². The highest BCUT2D eigenvalue weighted by atomic mass is 35.5. The molecule has 5 aliphatic carbocycles. The largest absolute Gasteiger partial charge is 0.390 e. The van der Waals surface area contributed by atoms with Crippen LogP contribution in [0.25, 0.3) is 0 Å². The highest BCUT2D eigenvalue weighted by molar-refractivity contribution is 6.30. The van der Waals surface area contributed by atoms with Crippen molar-refractivity contribution in [2.24, 2.45) is 40.4 Å². The summed E-state index contributed by atoms with van der Waals surface area (Å²) in [4.78, 5) is 27.0. The van der Waals surface area contributed by atoms with E-state index < -0.39 is 11.0 Å². The highest BCUT2D eigenvalue weighted by Crippen LogP contribution is 2.75. The number of halogens is 1. The minimum atomic E-state index is -0.681. The Kier molecular flexibility index (Phi) is 4.38. The lowest BCUT2D eigenvalue weighted by atomic mass is 9.48. The van der Waals surface area contributed by atoms with Crippen molar-refractivity contribution >= 4 is 23.3 Å². The molecule has 170 valence electrons. The molecule has 32 heavy (non-hydrogen) atoms. The van der Waals surface area contributed by atoms with Crippen LogP contribution < -0.4 is 5.32 Å². The first-order valence-electron chi connectivity index (χ1n) is 12.2. The normalized spacial score (nSPS) is 45.9. The topological polar surface area (TPSA) is 66.4 Å². The third-order valence-electron chi connectivity index (χ3n) is 10.3. The Morgan fingerprint density at radius 3 is 2.91 bits per heavy atom. The van der Waals surface area contributed by atoms with E-state index in [9.17, 15) is 14.7 Å². The molecular formula is C27H32ClNO3. The van der Waals surface area contributed by atoms with Crippen LogP contribution in [0.15, 0.2) is 35.9 Å². The summed E-state index contributed by atoms with van der Waals surface area (Å²) in [5.74, 6) is 0.918. The summed E-state index contributed by atoms with van der Waals surface area (Å²) in [5, 5.41) is 15.3. The predicted molar refractivity (Wildman–Crippen MR) is 123 cm³/mol. The number of carbonyl (C=O) groups is 2. The van der Waals surface area contributed by atoms with Gasteiger partial charge in [-0.3, -0.25) is 9.59 Å². The van der Waals surface area contributed by atoms with E-state index in [1.807, 2.05) is 24.3 Å². The second-order valence-corrected chi connectivity index (χ2v) is 12.0. The van der Waals surface area contributed by atoms with Crippen molar-refractivity contribution in [1.29, 1.82) is 0 Å². The smallest absolute Gasteiger partial charge is 0.224 e. The summed E-state index contributed by atoms with van der Waals surface area (Å²) < 4.78 is 0. The molecule has 2 bridgehead atoms. The summed E-state index contributed by atoms with van der Waals surface area (Å²) in [7, 11) is 0. The molecule has 1 aromatic carbocycles. The van der Waals surface area contributed by atoms with E-state index in [1.54, 1.807) is 0 Å². The van der Waals surface area contributed by atoms with E-state index in [4.69, 9.17) is 11.6 Å². The van der Waals surface area contributed by atoms with Crippen molar-refractivity contribution in [3.63, 3.8) is 0 Å². The van der Waals surface area contributed by atoms with E-state index in [1.165, 1.54) is 5.57 Å². The number of amides is 1. The van der Waals surface area contributed by atoms with Gasteiger partial charge in [0.1, 0.15) is 5.78 Å². The van der Waals surface area contributed by atoms with Crippen LogP contribution in [-0.4, -0.2) is 22.4 Å². The first kappa shape index (κ1) is 20.9. The number of benzene rings is 1. The average molecular weight is 454 g/mol. The molecule has 1 amide bonds. The first-order valence-corrected chi connectivity index (χ1v) is 12.5. The SMILES string of the molecule is CC1CC23CC1(O)CCC2C1=CCC2CC(=O)C2(C)C1C3C(=O)NCc1cccc(Cl)c1. The summed E-state index contributed by atoms with van der Waals surface area (Å²) in [6.45, 7) is 4.70. The van der Waals surface area contributed by atoms with Crippen LogP contribution in [0.3, 0.4) is 0 Å². The average Bonchev–Trinajstić information content (AvgIpc) is 3.14. The number of ketones is 1. The van der Waals surface area contributed by atoms with Gasteiger partial charge in [-0.25, -0.2) is 0 Å². The van der Waals surface area contributed by atoms with Gasteiger partial charge in [-0.05, 0) is 73.0 Å². The van der Waals surface area contributed by atoms with E-state index in [0.717, 1.165) is 31.2 Å². The zero-order valence-electron chi connectivity index (χ0n) is 18.9. The van der Waals surface area contributed by atoms with Crippen LogP contribution in [0.4, 0.5) is 0 Å². The minimum Gasteiger partial charge on any atom is -0.390 e. The van der Waals surface area contributed by atoms with E-state index >= 15 is 0 Å². The molecule has 0 aromatic heterocycles. The Hall–Kier alpha value is -1.65. The zero-order chi connectivity index (χ0) is 22.5. The van der Waals surface area contributed by atoms with Crippen molar-refractivity contribution in [2.75, 3.05) is 0 Å². The van der Waals surface area contributed by atoms with Gasteiger partial charge < -0.3 is 10.4 Å². The number of fused-ring (bicyclic) bond motifs is 5. The number of allylic oxidation sites excluding steroid dienone is 2. The van der Waals surface area contributed by atoms with Gasteiger partial charge in [0.05, 0.1) is 11.5 Å². The molecule has 4 saturated carbocycles. The van der Waals surface area contributed by atoms with Crippen molar-refractivity contribution < 1.29 is 14.7 Å². The van der Waals surface area contributed by atoms with Crippen LogP contribution in [-0.2, 0) is 16.1 Å². The summed E-state index contributed by atoms with van der Waals surface area (Å²) in [6, 6.07) is 7.58. The minimum absolute atomic E-state index is 0.0282. The van der Waals surface area contributed by atoms with Gasteiger partial charge in [0.25, 0.3) is 0 Å². The maximum Gasteiger partial charge on any atom is 0.224 e. The first-order chi connectivity index (χ1) is 15.2. The fourth-order valence-electron chi connectivity index (χ4n) is 8.66. The quantitative estimate of drug-likeness (QED) is 0.653. The van der Waals surface area contributed by atoms with Gasteiger partial charge in [-0.2, -0.15) is 0 Å². The summed E-state index contributed by atoms with van der Waals surface area (Å²) >= 11 is 6.14. The van der Waals surface area contributed by atoms with Gasteiger partial charge in [0.15, 0.2) is 0 Å². The molecule has 0 saturated heterocycles. The number of hydrogen-bond acceptors (Lipinski definition) is 3. The number of hydrogen-bond donors (Lipinski definition) is 2. The van der Waals surface area contributed by atoms with Crippen LogP contribution in [0, 0.1) is 40.4 Å². The Balaban J connectivity index is 1.40. The Labute approximate surface area is 194 Å². The van der Waals surface area contributed by atoms with Crippen molar-refractivity contribution in [1.82, 2.24) is 5.32 Å². The molecule has 8 atom stereocenters. The Morgan fingerprint density at radius 2 is 2.16 bits per heavy atom. The van der Waals surface area contributed by atoms with Crippen LogP contribution in [0.1, 0.15) is 57.9 Å². The fraction of sp³-hybridized carbons (Fsp3) is 0.630. The van der Waals surface area contributed by atoms with E-state index in [2.05, 4.69) is 25.2 Å². The number of carbonyl (C=O) groups excluding carboxylic acids is 2. The van der Waals surface area contributed by atoms with Crippen molar-refractivity contribution in [2.45, 2.75) is 64.5 Å². The molecule has 1 spiro atoms. The molecule has 5 aliphatic rings. The molecule has 0 radical (unpaired) electrons. The molecule has 6 rings (SSSR count). The Bertz CT molecular complexity index is 1050. The van der Waals surface area contributed by atoms with Crippen LogP contribution in [0.2, 0.25) is 5.02 Å². The molecule has 0 heterocycles. The monoisotopic (exact) mass is 453 g/mol. The highest BCUT2D eigenvalue weighted by Gasteiger charge is 2.74. The standard InChI is InChI=1S/C27H32ClNO3/c1-15-12-26-14-27(15,32)9-8-20(26)19-7-6-17-11-21(30)25(17,2)22(19)23(26)24(31)29-13-16-4-3-5-18(28)10-16/h3-5,7,10,15,17,20,22-23,32H,6,8-9,11-14H2,1-2H3,(H,29,31).